The second-order valence-corrected chi connectivity index (χ2v) is 4.21. The molecule has 0 saturated heterocycles. The van der Waals surface area contributed by atoms with E-state index in [-0.39, 0.29) is 36.5 Å². The summed E-state index contributed by atoms with van der Waals surface area (Å²) in [5, 5.41) is 10.4. The standard InChI is InChI=1S/C7H6FNO5S.Na.H/c8-6-2-1-5(4-15(12,13)14)7(3-6)9(10)11;;/h1-3H,4H2,(H,12,13,14);;/q;+1;-1. The summed E-state index contributed by atoms with van der Waals surface area (Å²) >= 11 is 0. The van der Waals surface area contributed by atoms with E-state index >= 15 is 0 Å². The van der Waals surface area contributed by atoms with Crippen molar-refractivity contribution >= 4 is 15.8 Å². The molecule has 0 aromatic heterocycles. The summed E-state index contributed by atoms with van der Waals surface area (Å²) in [6.07, 6.45) is 0. The van der Waals surface area contributed by atoms with E-state index in [4.69, 9.17) is 4.55 Å². The number of nitrogens with zero attached hydrogens (tertiary/aromatic N) is 1. The van der Waals surface area contributed by atoms with Gasteiger partial charge in [0.2, 0.25) is 0 Å². The number of rotatable bonds is 3. The third kappa shape index (κ3) is 4.54. The third-order valence-electron chi connectivity index (χ3n) is 1.58. The maximum atomic E-state index is 12.6. The van der Waals surface area contributed by atoms with Crippen molar-refractivity contribution < 1.29 is 53.3 Å². The molecule has 0 spiro atoms. The van der Waals surface area contributed by atoms with Crippen molar-refractivity contribution in [2.24, 2.45) is 0 Å². The first-order chi connectivity index (χ1) is 6.79. The van der Waals surface area contributed by atoms with Crippen LogP contribution in [0.15, 0.2) is 18.2 Å². The van der Waals surface area contributed by atoms with Gasteiger partial charge < -0.3 is 1.43 Å². The van der Waals surface area contributed by atoms with Gasteiger partial charge in [-0.1, -0.05) is 0 Å². The number of benzene rings is 1. The maximum absolute atomic E-state index is 12.6. The summed E-state index contributed by atoms with van der Waals surface area (Å²) in [7, 11) is -4.37. The van der Waals surface area contributed by atoms with Crippen LogP contribution in [0.25, 0.3) is 0 Å². The van der Waals surface area contributed by atoms with E-state index in [1.54, 1.807) is 0 Å². The van der Waals surface area contributed by atoms with Gasteiger partial charge in [-0.25, -0.2) is 4.39 Å². The Morgan fingerprint density at radius 3 is 2.50 bits per heavy atom. The second kappa shape index (κ2) is 5.69. The van der Waals surface area contributed by atoms with Crippen molar-refractivity contribution in [1.29, 1.82) is 0 Å². The Balaban J connectivity index is 0. The molecule has 0 aliphatic rings. The normalized spacial score (nSPS) is 10.6. The Morgan fingerprint density at radius 1 is 1.50 bits per heavy atom. The molecular formula is C7H7FNNaO5S. The van der Waals surface area contributed by atoms with Gasteiger partial charge in [0.1, 0.15) is 11.6 Å². The van der Waals surface area contributed by atoms with E-state index in [1.807, 2.05) is 0 Å². The fraction of sp³-hybridized carbons (Fsp3) is 0.143. The fourth-order valence-corrected chi connectivity index (χ4v) is 1.66. The zero-order valence-corrected chi connectivity index (χ0v) is 11.1. The average Bonchev–Trinajstić information content (AvgIpc) is 2.05. The van der Waals surface area contributed by atoms with Gasteiger partial charge in [-0.2, -0.15) is 8.42 Å². The Labute approximate surface area is 114 Å². The minimum atomic E-state index is -4.37. The summed E-state index contributed by atoms with van der Waals surface area (Å²) in [4.78, 5) is 9.51. The van der Waals surface area contributed by atoms with Crippen molar-refractivity contribution in [1.82, 2.24) is 0 Å². The van der Waals surface area contributed by atoms with Gasteiger partial charge in [-0.15, -0.1) is 0 Å². The smallest absolute Gasteiger partial charge is 1.00 e. The molecule has 0 radical (unpaired) electrons. The number of hydrogen-bond donors (Lipinski definition) is 1. The first-order valence-corrected chi connectivity index (χ1v) is 5.28. The summed E-state index contributed by atoms with van der Waals surface area (Å²) < 4.78 is 42.1. The van der Waals surface area contributed by atoms with Crippen molar-refractivity contribution in [3.8, 4) is 0 Å². The molecule has 0 fully saturated rings. The number of nitro benzene ring substituents is 1. The van der Waals surface area contributed by atoms with Crippen LogP contribution in [0.5, 0.6) is 0 Å². The number of nitro groups is 1. The Morgan fingerprint density at radius 2 is 2.06 bits per heavy atom. The number of halogens is 1. The molecule has 0 atom stereocenters. The predicted molar refractivity (Wildman–Crippen MR) is 49.4 cm³/mol. The van der Waals surface area contributed by atoms with Gasteiger partial charge in [0, 0.05) is 5.56 Å². The van der Waals surface area contributed by atoms with Crippen molar-refractivity contribution in [3.63, 3.8) is 0 Å². The fourth-order valence-electron chi connectivity index (χ4n) is 1.03. The maximum Gasteiger partial charge on any atom is 1.00 e. The summed E-state index contributed by atoms with van der Waals surface area (Å²) in [6.45, 7) is 0. The van der Waals surface area contributed by atoms with E-state index in [1.165, 1.54) is 0 Å². The molecule has 9 heteroatoms. The molecule has 1 aromatic carbocycles. The first-order valence-electron chi connectivity index (χ1n) is 3.67. The van der Waals surface area contributed by atoms with E-state index in [0.29, 0.717) is 6.07 Å². The predicted octanol–water partition coefficient (Wildman–Crippen LogP) is -1.76. The van der Waals surface area contributed by atoms with Gasteiger partial charge in [0.15, 0.2) is 0 Å². The first kappa shape index (κ1) is 15.5. The second-order valence-electron chi connectivity index (χ2n) is 2.76. The van der Waals surface area contributed by atoms with Crippen LogP contribution < -0.4 is 29.6 Å². The third-order valence-corrected chi connectivity index (χ3v) is 2.26. The molecule has 0 aliphatic heterocycles. The molecule has 1 rings (SSSR count). The largest absolute Gasteiger partial charge is 1.00 e. The van der Waals surface area contributed by atoms with Gasteiger partial charge in [-0.3, -0.25) is 14.7 Å². The van der Waals surface area contributed by atoms with E-state index < -0.39 is 32.3 Å². The van der Waals surface area contributed by atoms with E-state index in [0.717, 1.165) is 12.1 Å². The molecule has 0 unspecified atom stereocenters. The summed E-state index contributed by atoms with van der Waals surface area (Å²) in [6, 6.07) is 2.43. The van der Waals surface area contributed by atoms with Gasteiger partial charge in [0.25, 0.3) is 15.8 Å². The van der Waals surface area contributed by atoms with Crippen LogP contribution in [0.4, 0.5) is 10.1 Å². The van der Waals surface area contributed by atoms with Crippen LogP contribution >= 0.6 is 0 Å². The number of hydrogen-bond acceptors (Lipinski definition) is 4. The van der Waals surface area contributed by atoms with Crippen LogP contribution in [0.1, 0.15) is 6.99 Å². The Hall–Kier alpha value is -0.540. The minimum Gasteiger partial charge on any atom is -1.00 e. The van der Waals surface area contributed by atoms with Gasteiger partial charge in [0.05, 0.1) is 11.0 Å². The molecular weight excluding hydrogens is 252 g/mol. The van der Waals surface area contributed by atoms with Gasteiger partial charge >= 0.3 is 29.6 Å². The molecule has 84 valence electrons. The quantitative estimate of drug-likeness (QED) is 0.300. The van der Waals surface area contributed by atoms with Crippen molar-refractivity contribution in [2.45, 2.75) is 5.75 Å². The SMILES string of the molecule is O=[N+]([O-])c1cc(F)ccc1CS(=O)(=O)O.[H-].[Na+]. The van der Waals surface area contributed by atoms with Crippen molar-refractivity contribution in [2.75, 3.05) is 0 Å². The monoisotopic (exact) mass is 259 g/mol. The molecule has 16 heavy (non-hydrogen) atoms. The topological polar surface area (TPSA) is 97.5 Å². The van der Waals surface area contributed by atoms with Crippen LogP contribution in [0.2, 0.25) is 0 Å². The van der Waals surface area contributed by atoms with Crippen molar-refractivity contribution in [3.05, 3.63) is 39.7 Å². The van der Waals surface area contributed by atoms with Gasteiger partial charge in [-0.05, 0) is 12.1 Å². The van der Waals surface area contributed by atoms with Crippen LogP contribution in [-0.4, -0.2) is 17.9 Å². The average molecular weight is 259 g/mol. The molecule has 1 aromatic rings. The Kier molecular flexibility index (Phi) is 5.50. The van der Waals surface area contributed by atoms with E-state index in [2.05, 4.69) is 0 Å². The molecule has 0 bridgehead atoms. The molecule has 0 heterocycles. The molecule has 0 saturated carbocycles. The summed E-state index contributed by atoms with van der Waals surface area (Å²) in [5.74, 6) is -1.76. The molecule has 0 aliphatic carbocycles. The molecule has 0 amide bonds. The molecule has 1 N–H and O–H groups in total. The van der Waals surface area contributed by atoms with Crippen LogP contribution in [0, 0.1) is 15.9 Å². The minimum absolute atomic E-state index is 0. The van der Waals surface area contributed by atoms with E-state index in [9.17, 15) is 22.9 Å². The zero-order chi connectivity index (χ0) is 11.6. The summed E-state index contributed by atoms with van der Waals surface area (Å²) in [5.41, 5.74) is -0.934. The molecule has 6 nitrogen and oxygen atoms in total. The Bertz CT molecular complexity index is 509. The van der Waals surface area contributed by atoms with Crippen LogP contribution in [0.3, 0.4) is 0 Å². The van der Waals surface area contributed by atoms with Crippen LogP contribution in [-0.2, 0) is 15.9 Å². The zero-order valence-electron chi connectivity index (χ0n) is 9.25.